The zero-order valence-corrected chi connectivity index (χ0v) is 18.8. The first kappa shape index (κ1) is 22.6. The largest absolute Gasteiger partial charge is 0.392 e. The van der Waals surface area contributed by atoms with E-state index >= 15 is 0 Å². The summed E-state index contributed by atoms with van der Waals surface area (Å²) in [6.07, 6.45) is 12.9. The van der Waals surface area contributed by atoms with E-state index in [4.69, 9.17) is 0 Å². The van der Waals surface area contributed by atoms with Crippen LogP contribution in [-0.4, -0.2) is 36.1 Å². The Balaban J connectivity index is 1.58. The molecule has 1 saturated carbocycles. The van der Waals surface area contributed by atoms with Crippen molar-refractivity contribution in [2.45, 2.75) is 58.0 Å². The Kier molecular flexibility index (Phi) is 7.71. The Morgan fingerprint density at radius 1 is 1.30 bits per heavy atom. The number of benzene rings is 1. The van der Waals surface area contributed by atoms with Gasteiger partial charge in [0.25, 0.3) is 0 Å². The van der Waals surface area contributed by atoms with E-state index in [0.29, 0.717) is 18.3 Å². The van der Waals surface area contributed by atoms with Gasteiger partial charge in [-0.15, -0.1) is 0 Å². The Bertz CT molecular complexity index is 820. The average molecular weight is 408 g/mol. The third-order valence-electron chi connectivity index (χ3n) is 6.80. The van der Waals surface area contributed by atoms with Crippen molar-refractivity contribution in [1.29, 1.82) is 0 Å². The van der Waals surface area contributed by atoms with E-state index < -0.39 is 0 Å². The predicted octanol–water partition coefficient (Wildman–Crippen LogP) is 5.24. The highest BCUT2D eigenvalue weighted by atomic mass is 16.3. The maximum atomic E-state index is 11.7. The first-order chi connectivity index (χ1) is 14.4. The molecular formula is C27H37NO2. The molecule has 2 aliphatic rings. The smallest absolute Gasteiger partial charge is 0.222 e. The maximum Gasteiger partial charge on any atom is 0.222 e. The molecule has 0 saturated heterocycles. The number of carbonyl (C=O) groups excluding carboxylic acids is 1. The van der Waals surface area contributed by atoms with Crippen molar-refractivity contribution in [2.75, 3.05) is 14.1 Å². The standard InChI is InChI=1S/C27H37NO2/c1-5-22(14-13-20-11-8-9-19(2)15-20)27-24-17-21(16-23(24)18-25(27)29)10-6-7-12-26(30)28(3)4/h5,8-9,11,14-16,23-25,27,29H,1,6-7,10,12-13,17-18H2,2-4H3/t23-,24-,25+,27-/m0/s1. The van der Waals surface area contributed by atoms with E-state index in [1.807, 2.05) is 20.2 Å². The van der Waals surface area contributed by atoms with Gasteiger partial charge in [-0.3, -0.25) is 4.79 Å². The molecule has 0 aliphatic heterocycles. The fourth-order valence-electron chi connectivity index (χ4n) is 5.23. The van der Waals surface area contributed by atoms with Crippen LogP contribution in [0.15, 0.2) is 60.2 Å². The van der Waals surface area contributed by atoms with Crippen LogP contribution in [0, 0.1) is 24.7 Å². The number of unbranched alkanes of at least 4 members (excludes halogenated alkanes) is 1. The number of aryl methyl sites for hydroxylation is 1. The lowest BCUT2D eigenvalue weighted by Gasteiger charge is -2.23. The van der Waals surface area contributed by atoms with Gasteiger partial charge in [-0.2, -0.15) is 0 Å². The van der Waals surface area contributed by atoms with Crippen LogP contribution in [0.25, 0.3) is 0 Å². The SMILES string of the molecule is C=CC(=CCc1cccc(C)c1)[C@H]1[C@H]2CC(CCCCC(=O)N(C)C)=C[C@H]2C[C@H]1O. The zero-order chi connectivity index (χ0) is 21.7. The molecule has 2 aliphatic carbocycles. The van der Waals surface area contributed by atoms with Crippen LogP contribution < -0.4 is 0 Å². The summed E-state index contributed by atoms with van der Waals surface area (Å²) in [6, 6.07) is 8.61. The van der Waals surface area contributed by atoms with Crippen molar-refractivity contribution < 1.29 is 9.90 Å². The molecule has 0 aromatic heterocycles. The number of fused-ring (bicyclic) bond motifs is 1. The van der Waals surface area contributed by atoms with Gasteiger partial charge in [-0.05, 0) is 68.4 Å². The monoisotopic (exact) mass is 407 g/mol. The predicted molar refractivity (Wildman–Crippen MR) is 124 cm³/mol. The van der Waals surface area contributed by atoms with Crippen LogP contribution in [0.4, 0.5) is 0 Å². The lowest BCUT2D eigenvalue weighted by Crippen LogP contribution is -2.21. The molecule has 1 aromatic carbocycles. The molecule has 0 unspecified atom stereocenters. The Labute approximate surface area is 182 Å². The molecule has 0 radical (unpaired) electrons. The molecule has 1 aromatic rings. The summed E-state index contributed by atoms with van der Waals surface area (Å²) < 4.78 is 0. The van der Waals surface area contributed by atoms with E-state index in [-0.39, 0.29) is 17.9 Å². The van der Waals surface area contributed by atoms with E-state index in [1.54, 1.807) is 4.90 Å². The first-order valence-electron chi connectivity index (χ1n) is 11.3. The number of aliphatic hydroxyl groups is 1. The second kappa shape index (κ2) is 10.3. The second-order valence-electron chi connectivity index (χ2n) is 9.28. The third-order valence-corrected chi connectivity index (χ3v) is 6.80. The van der Waals surface area contributed by atoms with Crippen LogP contribution in [0.1, 0.15) is 49.7 Å². The summed E-state index contributed by atoms with van der Waals surface area (Å²) in [5.41, 5.74) is 5.29. The number of hydrogen-bond acceptors (Lipinski definition) is 2. The van der Waals surface area contributed by atoms with Gasteiger partial charge in [0.15, 0.2) is 0 Å². The van der Waals surface area contributed by atoms with Crippen molar-refractivity contribution in [1.82, 2.24) is 4.90 Å². The fraction of sp³-hybridized carbons (Fsp3) is 0.519. The highest BCUT2D eigenvalue weighted by Gasteiger charge is 2.45. The summed E-state index contributed by atoms with van der Waals surface area (Å²) in [4.78, 5) is 13.4. The number of nitrogens with zero attached hydrogens (tertiary/aromatic N) is 1. The lowest BCUT2D eigenvalue weighted by atomic mass is 9.83. The van der Waals surface area contributed by atoms with Crippen LogP contribution in [0.5, 0.6) is 0 Å². The topological polar surface area (TPSA) is 40.5 Å². The van der Waals surface area contributed by atoms with Gasteiger partial charge in [-0.1, -0.05) is 60.2 Å². The summed E-state index contributed by atoms with van der Waals surface area (Å²) in [5, 5.41) is 10.8. The Hall–Kier alpha value is -2.13. The fourth-order valence-corrected chi connectivity index (χ4v) is 5.23. The number of rotatable bonds is 9. The molecule has 1 amide bonds. The van der Waals surface area contributed by atoms with Crippen LogP contribution in [0.2, 0.25) is 0 Å². The van der Waals surface area contributed by atoms with E-state index in [9.17, 15) is 9.90 Å². The van der Waals surface area contributed by atoms with Gasteiger partial charge >= 0.3 is 0 Å². The third kappa shape index (κ3) is 5.51. The normalized spacial score (nSPS) is 25.7. The molecule has 0 spiro atoms. The summed E-state index contributed by atoms with van der Waals surface area (Å²) in [6.45, 7) is 6.18. The van der Waals surface area contributed by atoms with E-state index in [1.165, 1.54) is 22.3 Å². The van der Waals surface area contributed by atoms with Crippen molar-refractivity contribution in [2.24, 2.45) is 17.8 Å². The minimum absolute atomic E-state index is 0.182. The van der Waals surface area contributed by atoms with Gasteiger partial charge in [0.2, 0.25) is 5.91 Å². The zero-order valence-electron chi connectivity index (χ0n) is 18.8. The number of amides is 1. The first-order valence-corrected chi connectivity index (χ1v) is 11.3. The van der Waals surface area contributed by atoms with Gasteiger partial charge in [0.05, 0.1) is 6.10 Å². The van der Waals surface area contributed by atoms with Crippen LogP contribution >= 0.6 is 0 Å². The molecular weight excluding hydrogens is 370 g/mol. The molecule has 162 valence electrons. The highest BCUT2D eigenvalue weighted by molar-refractivity contribution is 5.75. The van der Waals surface area contributed by atoms with Crippen molar-refractivity contribution in [3.8, 4) is 0 Å². The van der Waals surface area contributed by atoms with Gasteiger partial charge < -0.3 is 10.0 Å². The van der Waals surface area contributed by atoms with Crippen molar-refractivity contribution >= 4 is 5.91 Å². The highest BCUT2D eigenvalue weighted by Crippen LogP contribution is 2.50. The minimum Gasteiger partial charge on any atom is -0.392 e. The summed E-state index contributed by atoms with van der Waals surface area (Å²) >= 11 is 0. The van der Waals surface area contributed by atoms with Crippen molar-refractivity contribution in [3.63, 3.8) is 0 Å². The number of allylic oxidation sites excluding steroid dienone is 4. The molecule has 1 N–H and O–H groups in total. The van der Waals surface area contributed by atoms with Gasteiger partial charge in [-0.25, -0.2) is 0 Å². The van der Waals surface area contributed by atoms with Crippen LogP contribution in [-0.2, 0) is 11.2 Å². The average Bonchev–Trinajstić information content (AvgIpc) is 3.22. The Morgan fingerprint density at radius 2 is 2.10 bits per heavy atom. The molecule has 4 atom stereocenters. The number of carbonyl (C=O) groups is 1. The van der Waals surface area contributed by atoms with Crippen LogP contribution in [0.3, 0.4) is 0 Å². The molecule has 3 nitrogen and oxygen atoms in total. The maximum absolute atomic E-state index is 11.7. The summed E-state index contributed by atoms with van der Waals surface area (Å²) in [5.74, 6) is 1.36. The number of aliphatic hydroxyl groups excluding tert-OH is 1. The summed E-state index contributed by atoms with van der Waals surface area (Å²) in [7, 11) is 3.64. The molecule has 30 heavy (non-hydrogen) atoms. The quantitative estimate of drug-likeness (QED) is 0.345. The molecule has 3 rings (SSSR count). The molecule has 1 fully saturated rings. The van der Waals surface area contributed by atoms with Crippen molar-refractivity contribution in [3.05, 3.63) is 71.3 Å². The van der Waals surface area contributed by atoms with Gasteiger partial charge in [0.1, 0.15) is 0 Å². The molecule has 0 heterocycles. The molecule has 3 heteroatoms. The lowest BCUT2D eigenvalue weighted by molar-refractivity contribution is -0.128. The van der Waals surface area contributed by atoms with E-state index in [2.05, 4.69) is 49.9 Å². The minimum atomic E-state index is -0.280. The molecule has 0 bridgehead atoms. The van der Waals surface area contributed by atoms with Gasteiger partial charge in [0, 0.05) is 26.4 Å². The second-order valence-corrected chi connectivity index (χ2v) is 9.28. The Morgan fingerprint density at radius 3 is 2.80 bits per heavy atom. The van der Waals surface area contributed by atoms with E-state index in [0.717, 1.165) is 38.5 Å². The number of hydrogen-bond donors (Lipinski definition) is 1.